The molecule has 1 heterocycles. The maximum absolute atomic E-state index is 12.4. The lowest BCUT2D eigenvalue weighted by Gasteiger charge is -2.19. The molecule has 2 rings (SSSR count). The summed E-state index contributed by atoms with van der Waals surface area (Å²) in [5.41, 5.74) is 3.29. The molecule has 0 aromatic heterocycles. The molecule has 1 aromatic rings. The smallest absolute Gasteiger partial charge is 0.179 e. The van der Waals surface area contributed by atoms with Gasteiger partial charge in [0.05, 0.1) is 6.04 Å². The summed E-state index contributed by atoms with van der Waals surface area (Å²) in [6.07, 6.45) is 3.32. The van der Waals surface area contributed by atoms with E-state index in [2.05, 4.69) is 30.5 Å². The average molecular weight is 274 g/mol. The highest BCUT2D eigenvalue weighted by Crippen LogP contribution is 2.23. The molecule has 0 bridgehead atoms. The van der Waals surface area contributed by atoms with Gasteiger partial charge >= 0.3 is 0 Å². The number of carbonyl (C=O) groups excluding carboxylic acids is 1. The number of hydrogen-bond acceptors (Lipinski definition) is 3. The number of aryl methyl sites for hydroxylation is 1. The summed E-state index contributed by atoms with van der Waals surface area (Å²) in [7, 11) is 0. The van der Waals surface area contributed by atoms with Crippen molar-refractivity contribution in [3.63, 3.8) is 0 Å². The van der Waals surface area contributed by atoms with E-state index in [1.165, 1.54) is 11.3 Å². The second-order valence-electron chi connectivity index (χ2n) is 6.12. The molecule has 0 amide bonds. The number of ketones is 1. The summed E-state index contributed by atoms with van der Waals surface area (Å²) in [5, 5.41) is 6.70. The van der Waals surface area contributed by atoms with Gasteiger partial charge in [-0.3, -0.25) is 4.79 Å². The minimum absolute atomic E-state index is 0.108. The Balaban J connectivity index is 1.98. The third kappa shape index (κ3) is 3.83. The van der Waals surface area contributed by atoms with Gasteiger partial charge in [-0.1, -0.05) is 13.8 Å². The van der Waals surface area contributed by atoms with Crippen LogP contribution >= 0.6 is 0 Å². The molecule has 20 heavy (non-hydrogen) atoms. The Morgan fingerprint density at radius 1 is 1.35 bits per heavy atom. The molecular weight excluding hydrogens is 248 g/mol. The van der Waals surface area contributed by atoms with Crippen LogP contribution < -0.4 is 10.6 Å². The molecule has 1 unspecified atom stereocenters. The van der Waals surface area contributed by atoms with Crippen LogP contribution in [-0.2, 0) is 6.42 Å². The van der Waals surface area contributed by atoms with E-state index in [9.17, 15) is 4.79 Å². The molecule has 0 fully saturated rings. The molecular formula is C17H26N2O. The normalized spacial score (nSPS) is 15.6. The lowest BCUT2D eigenvalue weighted by molar-refractivity contribution is 0.0950. The van der Waals surface area contributed by atoms with Gasteiger partial charge in [-0.2, -0.15) is 0 Å². The second kappa shape index (κ2) is 6.89. The molecule has 0 saturated heterocycles. The zero-order chi connectivity index (χ0) is 14.5. The number of Topliss-reactive ketones (excluding diaryl/α,β-unsaturated/α-hetero) is 1. The van der Waals surface area contributed by atoms with Crippen molar-refractivity contribution in [2.75, 3.05) is 18.4 Å². The number of nitrogens with one attached hydrogen (secondary N) is 2. The first-order valence-electron chi connectivity index (χ1n) is 7.72. The molecule has 3 nitrogen and oxygen atoms in total. The average Bonchev–Trinajstić information content (AvgIpc) is 2.45. The highest BCUT2D eigenvalue weighted by Gasteiger charge is 2.17. The van der Waals surface area contributed by atoms with E-state index in [0.29, 0.717) is 5.92 Å². The number of anilines is 1. The Hall–Kier alpha value is -1.35. The minimum Gasteiger partial charge on any atom is -0.385 e. The predicted octanol–water partition coefficient (Wildman–Crippen LogP) is 3.25. The maximum atomic E-state index is 12.4. The second-order valence-corrected chi connectivity index (χ2v) is 6.12. The predicted molar refractivity (Wildman–Crippen MR) is 84.5 cm³/mol. The number of carbonyl (C=O) groups is 1. The quantitative estimate of drug-likeness (QED) is 0.782. The molecule has 1 atom stereocenters. The van der Waals surface area contributed by atoms with Crippen LogP contribution in [0.25, 0.3) is 0 Å². The van der Waals surface area contributed by atoms with Gasteiger partial charge in [0.2, 0.25) is 0 Å². The summed E-state index contributed by atoms with van der Waals surface area (Å²) < 4.78 is 0. The molecule has 1 aromatic carbocycles. The van der Waals surface area contributed by atoms with Gasteiger partial charge in [-0.15, -0.1) is 0 Å². The van der Waals surface area contributed by atoms with Crippen LogP contribution in [0.2, 0.25) is 0 Å². The van der Waals surface area contributed by atoms with E-state index in [1.54, 1.807) is 0 Å². The van der Waals surface area contributed by atoms with Crippen molar-refractivity contribution in [3.05, 3.63) is 29.3 Å². The Bertz CT molecular complexity index is 468. The van der Waals surface area contributed by atoms with Crippen LogP contribution in [0.15, 0.2) is 18.2 Å². The number of benzene rings is 1. The van der Waals surface area contributed by atoms with E-state index in [0.717, 1.165) is 37.9 Å². The van der Waals surface area contributed by atoms with Crippen molar-refractivity contribution < 1.29 is 4.79 Å². The molecule has 0 radical (unpaired) electrons. The van der Waals surface area contributed by atoms with E-state index in [1.807, 2.05) is 19.1 Å². The zero-order valence-electron chi connectivity index (χ0n) is 12.8. The first-order chi connectivity index (χ1) is 9.58. The minimum atomic E-state index is -0.108. The Labute approximate surface area is 122 Å². The topological polar surface area (TPSA) is 41.1 Å². The largest absolute Gasteiger partial charge is 0.385 e. The van der Waals surface area contributed by atoms with Gasteiger partial charge in [-0.05, 0) is 62.4 Å². The van der Waals surface area contributed by atoms with Crippen molar-refractivity contribution >= 4 is 11.5 Å². The van der Waals surface area contributed by atoms with Crippen LogP contribution in [0.1, 0.15) is 49.5 Å². The summed E-state index contributed by atoms with van der Waals surface area (Å²) in [6.45, 7) is 8.29. The fourth-order valence-electron chi connectivity index (χ4n) is 2.56. The SMILES string of the molecule is CC(C)CCNC(C)C(=O)c1ccc2c(c1)CCCN2. The van der Waals surface area contributed by atoms with Crippen molar-refractivity contribution in [2.24, 2.45) is 5.92 Å². The Kier molecular flexibility index (Phi) is 5.18. The summed E-state index contributed by atoms with van der Waals surface area (Å²) >= 11 is 0. The maximum Gasteiger partial charge on any atom is 0.179 e. The van der Waals surface area contributed by atoms with Crippen LogP contribution in [-0.4, -0.2) is 24.9 Å². The first-order valence-corrected chi connectivity index (χ1v) is 7.72. The molecule has 0 saturated carbocycles. The summed E-state index contributed by atoms with van der Waals surface area (Å²) in [5.74, 6) is 0.863. The molecule has 1 aliphatic rings. The van der Waals surface area contributed by atoms with Gasteiger partial charge < -0.3 is 10.6 Å². The van der Waals surface area contributed by atoms with Crippen LogP contribution in [0.4, 0.5) is 5.69 Å². The van der Waals surface area contributed by atoms with E-state index in [4.69, 9.17) is 0 Å². The molecule has 3 heteroatoms. The van der Waals surface area contributed by atoms with Gasteiger partial charge in [-0.25, -0.2) is 0 Å². The van der Waals surface area contributed by atoms with Crippen molar-refractivity contribution in [1.29, 1.82) is 0 Å². The van der Waals surface area contributed by atoms with Crippen molar-refractivity contribution in [2.45, 2.75) is 46.1 Å². The first kappa shape index (κ1) is 15.0. The summed E-state index contributed by atoms with van der Waals surface area (Å²) in [4.78, 5) is 12.4. The Morgan fingerprint density at radius 2 is 2.15 bits per heavy atom. The van der Waals surface area contributed by atoms with Gasteiger partial charge in [0.1, 0.15) is 0 Å². The van der Waals surface area contributed by atoms with Crippen LogP contribution in [0, 0.1) is 5.92 Å². The number of rotatable bonds is 6. The van der Waals surface area contributed by atoms with E-state index >= 15 is 0 Å². The van der Waals surface area contributed by atoms with Gasteiger partial charge in [0, 0.05) is 17.8 Å². The standard InChI is InChI=1S/C17H26N2O/c1-12(2)8-10-18-13(3)17(20)15-6-7-16-14(11-15)5-4-9-19-16/h6-7,11-13,18-19H,4-5,8-10H2,1-3H3. The van der Waals surface area contributed by atoms with E-state index in [-0.39, 0.29) is 11.8 Å². The Morgan fingerprint density at radius 3 is 2.90 bits per heavy atom. The molecule has 110 valence electrons. The molecule has 2 N–H and O–H groups in total. The lowest BCUT2D eigenvalue weighted by atomic mass is 9.97. The number of fused-ring (bicyclic) bond motifs is 1. The highest BCUT2D eigenvalue weighted by atomic mass is 16.1. The van der Waals surface area contributed by atoms with Crippen LogP contribution in [0.5, 0.6) is 0 Å². The fraction of sp³-hybridized carbons (Fsp3) is 0.588. The lowest BCUT2D eigenvalue weighted by Crippen LogP contribution is -2.35. The van der Waals surface area contributed by atoms with E-state index < -0.39 is 0 Å². The van der Waals surface area contributed by atoms with Crippen molar-refractivity contribution in [3.8, 4) is 0 Å². The van der Waals surface area contributed by atoms with Gasteiger partial charge in [0.15, 0.2) is 5.78 Å². The molecule has 0 aliphatic carbocycles. The van der Waals surface area contributed by atoms with Gasteiger partial charge in [0.25, 0.3) is 0 Å². The fourth-order valence-corrected chi connectivity index (χ4v) is 2.56. The zero-order valence-corrected chi connectivity index (χ0v) is 12.8. The number of hydrogen-bond donors (Lipinski definition) is 2. The summed E-state index contributed by atoms with van der Waals surface area (Å²) in [6, 6.07) is 5.94. The monoisotopic (exact) mass is 274 g/mol. The molecule has 1 aliphatic heterocycles. The molecule has 0 spiro atoms. The van der Waals surface area contributed by atoms with Crippen molar-refractivity contribution in [1.82, 2.24) is 5.32 Å². The third-order valence-electron chi connectivity index (χ3n) is 3.89. The highest BCUT2D eigenvalue weighted by molar-refractivity contribution is 6.00. The third-order valence-corrected chi connectivity index (χ3v) is 3.89. The van der Waals surface area contributed by atoms with Crippen LogP contribution in [0.3, 0.4) is 0 Å².